The fraction of sp³-hybridized carbons (Fsp3) is 0.158. The summed E-state index contributed by atoms with van der Waals surface area (Å²) in [6, 6.07) is 15.7. The summed E-state index contributed by atoms with van der Waals surface area (Å²) in [4.78, 5) is 15.9. The number of rotatable bonds is 3. The van der Waals surface area contributed by atoms with Gasteiger partial charge in [0, 0.05) is 29.6 Å². The number of aromatic nitrogens is 1. The number of hydrogen-bond acceptors (Lipinski definition) is 3. The van der Waals surface area contributed by atoms with Crippen molar-refractivity contribution in [2.75, 3.05) is 12.4 Å². The second-order valence-corrected chi connectivity index (χ2v) is 5.49. The molecule has 1 amide bonds. The van der Waals surface area contributed by atoms with E-state index in [1.54, 1.807) is 7.11 Å². The van der Waals surface area contributed by atoms with Gasteiger partial charge in [-0.15, -0.1) is 0 Å². The molecule has 1 aromatic heterocycles. The fourth-order valence-electron chi connectivity index (χ4n) is 2.60. The summed E-state index contributed by atoms with van der Waals surface area (Å²) in [5, 5.41) is 3.65. The largest absolute Gasteiger partial charge is 0.496 e. The Morgan fingerprint density at radius 3 is 2.65 bits per heavy atom. The van der Waals surface area contributed by atoms with Crippen LogP contribution in [0.25, 0.3) is 22.2 Å². The summed E-state index contributed by atoms with van der Waals surface area (Å²) in [7, 11) is 1.64. The maximum atomic E-state index is 11.2. The van der Waals surface area contributed by atoms with Crippen LogP contribution in [-0.2, 0) is 4.79 Å². The Kier molecular flexibility index (Phi) is 3.98. The second kappa shape index (κ2) is 6.08. The maximum Gasteiger partial charge on any atom is 0.221 e. The van der Waals surface area contributed by atoms with E-state index in [-0.39, 0.29) is 5.91 Å². The molecule has 0 aliphatic heterocycles. The molecule has 0 radical (unpaired) electrons. The van der Waals surface area contributed by atoms with Gasteiger partial charge in [0.1, 0.15) is 5.75 Å². The molecule has 0 aliphatic rings. The SMILES string of the molecule is COc1cc(-c2cccc(C)c2)nc2ccc(NC(C)=O)cc12. The molecule has 0 unspecified atom stereocenters. The number of pyridine rings is 1. The summed E-state index contributed by atoms with van der Waals surface area (Å²) >= 11 is 0. The number of amides is 1. The molecule has 0 aliphatic carbocycles. The Morgan fingerprint density at radius 2 is 1.96 bits per heavy atom. The third-order valence-corrected chi connectivity index (χ3v) is 3.62. The molecule has 2 aromatic carbocycles. The number of hydrogen-bond donors (Lipinski definition) is 1. The first-order chi connectivity index (χ1) is 11.1. The lowest BCUT2D eigenvalue weighted by Crippen LogP contribution is -2.05. The van der Waals surface area contributed by atoms with Crippen LogP contribution >= 0.6 is 0 Å². The number of benzene rings is 2. The van der Waals surface area contributed by atoms with Gasteiger partial charge in [0.15, 0.2) is 0 Å². The molecule has 0 saturated carbocycles. The predicted molar refractivity (Wildman–Crippen MR) is 92.8 cm³/mol. The molecule has 23 heavy (non-hydrogen) atoms. The molecule has 0 bridgehead atoms. The highest BCUT2D eigenvalue weighted by atomic mass is 16.5. The first-order valence-electron chi connectivity index (χ1n) is 7.40. The van der Waals surface area contributed by atoms with Crippen LogP contribution in [0.15, 0.2) is 48.5 Å². The van der Waals surface area contributed by atoms with Crippen LogP contribution in [0, 0.1) is 6.92 Å². The number of fused-ring (bicyclic) bond motifs is 1. The smallest absolute Gasteiger partial charge is 0.221 e. The molecule has 4 heteroatoms. The molecule has 0 spiro atoms. The highest BCUT2D eigenvalue weighted by Gasteiger charge is 2.09. The van der Waals surface area contributed by atoms with E-state index in [9.17, 15) is 4.79 Å². The monoisotopic (exact) mass is 306 g/mol. The zero-order chi connectivity index (χ0) is 16.4. The van der Waals surface area contributed by atoms with Crippen LogP contribution < -0.4 is 10.1 Å². The summed E-state index contributed by atoms with van der Waals surface area (Å²) in [5.41, 5.74) is 4.66. The number of carbonyl (C=O) groups is 1. The van der Waals surface area contributed by atoms with E-state index >= 15 is 0 Å². The topological polar surface area (TPSA) is 51.2 Å². The number of carbonyl (C=O) groups excluding carboxylic acids is 1. The molecular formula is C19H18N2O2. The maximum absolute atomic E-state index is 11.2. The average molecular weight is 306 g/mol. The van der Waals surface area contributed by atoms with Crippen LogP contribution in [0.3, 0.4) is 0 Å². The summed E-state index contributed by atoms with van der Waals surface area (Å²) in [6.07, 6.45) is 0. The normalized spacial score (nSPS) is 10.6. The van der Waals surface area contributed by atoms with E-state index in [1.165, 1.54) is 12.5 Å². The summed E-state index contributed by atoms with van der Waals surface area (Å²) < 4.78 is 5.53. The lowest BCUT2D eigenvalue weighted by molar-refractivity contribution is -0.114. The minimum Gasteiger partial charge on any atom is -0.496 e. The third-order valence-electron chi connectivity index (χ3n) is 3.62. The van der Waals surface area contributed by atoms with Gasteiger partial charge in [0.05, 0.1) is 18.3 Å². The Morgan fingerprint density at radius 1 is 1.13 bits per heavy atom. The zero-order valence-electron chi connectivity index (χ0n) is 13.4. The Balaban J connectivity index is 2.15. The van der Waals surface area contributed by atoms with Gasteiger partial charge in [0.2, 0.25) is 5.91 Å². The van der Waals surface area contributed by atoms with Gasteiger partial charge < -0.3 is 10.1 Å². The van der Waals surface area contributed by atoms with E-state index in [4.69, 9.17) is 9.72 Å². The van der Waals surface area contributed by atoms with Crippen molar-refractivity contribution in [2.45, 2.75) is 13.8 Å². The summed E-state index contributed by atoms with van der Waals surface area (Å²) in [5.74, 6) is 0.631. The van der Waals surface area contributed by atoms with Gasteiger partial charge in [-0.2, -0.15) is 0 Å². The fourth-order valence-corrected chi connectivity index (χ4v) is 2.60. The molecule has 0 saturated heterocycles. The molecule has 1 heterocycles. The number of aryl methyl sites for hydroxylation is 1. The predicted octanol–water partition coefficient (Wildman–Crippen LogP) is 4.18. The van der Waals surface area contributed by atoms with Crippen molar-refractivity contribution >= 4 is 22.5 Å². The van der Waals surface area contributed by atoms with E-state index in [1.807, 2.05) is 36.4 Å². The summed E-state index contributed by atoms with van der Waals surface area (Å²) in [6.45, 7) is 3.54. The molecule has 1 N–H and O–H groups in total. The molecule has 4 nitrogen and oxygen atoms in total. The number of ether oxygens (including phenoxy) is 1. The van der Waals surface area contributed by atoms with Gasteiger partial charge >= 0.3 is 0 Å². The number of nitrogens with one attached hydrogen (secondary N) is 1. The molecular weight excluding hydrogens is 288 g/mol. The van der Waals surface area contributed by atoms with Gasteiger partial charge in [-0.1, -0.05) is 23.8 Å². The van der Waals surface area contributed by atoms with Crippen molar-refractivity contribution in [1.82, 2.24) is 4.98 Å². The first kappa shape index (κ1) is 15.0. The Bertz CT molecular complexity index is 888. The van der Waals surface area contributed by atoms with Gasteiger partial charge in [-0.3, -0.25) is 4.79 Å². The minimum absolute atomic E-state index is 0.104. The third kappa shape index (κ3) is 3.16. The molecule has 3 rings (SSSR count). The first-order valence-corrected chi connectivity index (χ1v) is 7.40. The average Bonchev–Trinajstić information content (AvgIpc) is 2.53. The molecule has 3 aromatic rings. The van der Waals surface area contributed by atoms with Gasteiger partial charge in [-0.05, 0) is 31.2 Å². The number of nitrogens with zero attached hydrogens (tertiary/aromatic N) is 1. The molecule has 0 atom stereocenters. The van der Waals surface area contributed by atoms with Crippen molar-refractivity contribution in [3.8, 4) is 17.0 Å². The van der Waals surface area contributed by atoms with Crippen molar-refractivity contribution < 1.29 is 9.53 Å². The van der Waals surface area contributed by atoms with Crippen LogP contribution in [0.5, 0.6) is 5.75 Å². The van der Waals surface area contributed by atoms with Crippen LogP contribution in [-0.4, -0.2) is 18.0 Å². The minimum atomic E-state index is -0.104. The van der Waals surface area contributed by atoms with E-state index < -0.39 is 0 Å². The van der Waals surface area contributed by atoms with Gasteiger partial charge in [-0.25, -0.2) is 4.98 Å². The molecule has 116 valence electrons. The number of anilines is 1. The van der Waals surface area contributed by atoms with Gasteiger partial charge in [0.25, 0.3) is 0 Å². The molecule has 0 fully saturated rings. The van der Waals surface area contributed by atoms with Crippen molar-refractivity contribution in [3.05, 3.63) is 54.1 Å². The lowest BCUT2D eigenvalue weighted by Gasteiger charge is -2.11. The highest BCUT2D eigenvalue weighted by Crippen LogP contribution is 2.31. The van der Waals surface area contributed by atoms with E-state index in [2.05, 4.69) is 24.4 Å². The standard InChI is InChI=1S/C19H18N2O2/c1-12-5-4-6-14(9-12)18-11-19(23-3)16-10-15(20-13(2)22)7-8-17(16)21-18/h4-11H,1-3H3,(H,20,22). The van der Waals surface area contributed by atoms with E-state index in [0.717, 1.165) is 33.6 Å². The van der Waals surface area contributed by atoms with Crippen molar-refractivity contribution in [1.29, 1.82) is 0 Å². The van der Waals surface area contributed by atoms with Crippen LogP contribution in [0.2, 0.25) is 0 Å². The quantitative estimate of drug-likeness (QED) is 0.790. The van der Waals surface area contributed by atoms with Crippen LogP contribution in [0.4, 0.5) is 5.69 Å². The second-order valence-electron chi connectivity index (χ2n) is 5.49. The zero-order valence-corrected chi connectivity index (χ0v) is 13.4. The highest BCUT2D eigenvalue weighted by molar-refractivity contribution is 5.95. The lowest BCUT2D eigenvalue weighted by atomic mass is 10.1. The van der Waals surface area contributed by atoms with Crippen LogP contribution in [0.1, 0.15) is 12.5 Å². The van der Waals surface area contributed by atoms with Crippen molar-refractivity contribution in [2.24, 2.45) is 0 Å². The Labute approximate surface area is 135 Å². The van der Waals surface area contributed by atoms with Crippen molar-refractivity contribution in [3.63, 3.8) is 0 Å². The van der Waals surface area contributed by atoms with E-state index in [0.29, 0.717) is 0 Å². The number of methoxy groups -OCH3 is 1. The Hall–Kier alpha value is -2.88.